The van der Waals surface area contributed by atoms with Gasteiger partial charge in [0.2, 0.25) is 5.91 Å². The van der Waals surface area contributed by atoms with Crippen molar-refractivity contribution in [1.29, 1.82) is 0 Å². The van der Waals surface area contributed by atoms with Gasteiger partial charge in [-0.15, -0.1) is 0 Å². The predicted octanol–water partition coefficient (Wildman–Crippen LogP) is 13.2. The molecule has 426 valence electrons. The molecular formula is C65H101NO10. The van der Waals surface area contributed by atoms with Crippen LogP contribution in [0.3, 0.4) is 0 Å². The average molecular weight is 1060 g/mol. The van der Waals surface area contributed by atoms with Gasteiger partial charge in [0, 0.05) is 6.42 Å². The zero-order chi connectivity index (χ0) is 55.4. The minimum atomic E-state index is -1.66. The molecule has 0 spiro atoms. The quantitative estimate of drug-likeness (QED) is 0.0149. The fourth-order valence-corrected chi connectivity index (χ4v) is 7.82. The maximum atomic E-state index is 13.4. The number of esters is 1. The zero-order valence-corrected chi connectivity index (χ0v) is 46.8. The highest BCUT2D eigenvalue weighted by atomic mass is 16.7. The summed E-state index contributed by atoms with van der Waals surface area (Å²) in [4.78, 5) is 26.4. The molecule has 0 bridgehead atoms. The number of amides is 1. The smallest absolute Gasteiger partial charge is 0.306 e. The molecule has 0 aromatic carbocycles. The molecule has 1 saturated heterocycles. The van der Waals surface area contributed by atoms with Crippen LogP contribution in [0.1, 0.15) is 175 Å². The van der Waals surface area contributed by atoms with Gasteiger partial charge < -0.3 is 45.1 Å². The van der Waals surface area contributed by atoms with Crippen molar-refractivity contribution in [1.82, 2.24) is 5.32 Å². The Morgan fingerprint density at radius 1 is 0.539 bits per heavy atom. The average Bonchev–Trinajstić information content (AvgIpc) is 3.42. The van der Waals surface area contributed by atoms with Crippen molar-refractivity contribution in [2.24, 2.45) is 0 Å². The van der Waals surface area contributed by atoms with Crippen LogP contribution in [-0.4, -0.2) is 99.6 Å². The highest BCUT2D eigenvalue weighted by molar-refractivity contribution is 5.80. The van der Waals surface area contributed by atoms with Crippen LogP contribution >= 0.6 is 0 Å². The Bertz CT molecular complexity index is 1830. The Balaban J connectivity index is 2.82. The third kappa shape index (κ3) is 38.8. The summed E-state index contributed by atoms with van der Waals surface area (Å²) in [5.41, 5.74) is 0. The Hall–Kier alpha value is -4.72. The Morgan fingerprint density at radius 3 is 1.55 bits per heavy atom. The number of aliphatic hydroxyl groups is 5. The first-order chi connectivity index (χ1) is 37.2. The van der Waals surface area contributed by atoms with Gasteiger partial charge in [-0.3, -0.25) is 9.59 Å². The van der Waals surface area contributed by atoms with Crippen molar-refractivity contribution in [3.05, 3.63) is 158 Å². The molecule has 76 heavy (non-hydrogen) atoms. The van der Waals surface area contributed by atoms with E-state index in [0.29, 0.717) is 19.3 Å². The highest BCUT2D eigenvalue weighted by Crippen LogP contribution is 2.26. The maximum Gasteiger partial charge on any atom is 0.306 e. The van der Waals surface area contributed by atoms with E-state index in [-0.39, 0.29) is 19.4 Å². The molecule has 11 nitrogen and oxygen atoms in total. The van der Waals surface area contributed by atoms with Gasteiger partial charge in [0.25, 0.3) is 0 Å². The van der Waals surface area contributed by atoms with Crippen LogP contribution in [0, 0.1) is 0 Å². The summed E-state index contributed by atoms with van der Waals surface area (Å²) in [6.07, 6.45) is 64.3. The van der Waals surface area contributed by atoms with E-state index in [4.69, 9.17) is 14.2 Å². The van der Waals surface area contributed by atoms with E-state index in [9.17, 15) is 35.1 Å². The fourth-order valence-electron chi connectivity index (χ4n) is 7.82. The molecule has 11 heteroatoms. The van der Waals surface area contributed by atoms with E-state index in [0.717, 1.165) is 77.0 Å². The molecule has 1 fully saturated rings. The first-order valence-corrected chi connectivity index (χ1v) is 28.8. The van der Waals surface area contributed by atoms with Gasteiger partial charge >= 0.3 is 5.97 Å². The number of allylic oxidation sites excluding steroid dienone is 25. The van der Waals surface area contributed by atoms with Gasteiger partial charge in [-0.2, -0.15) is 0 Å². The molecule has 1 heterocycles. The lowest BCUT2D eigenvalue weighted by Crippen LogP contribution is -2.61. The maximum absolute atomic E-state index is 13.4. The van der Waals surface area contributed by atoms with Crippen LogP contribution in [0.15, 0.2) is 158 Å². The van der Waals surface area contributed by atoms with Gasteiger partial charge in [-0.05, 0) is 83.5 Å². The first kappa shape index (κ1) is 69.3. The lowest BCUT2D eigenvalue weighted by atomic mass is 9.99. The van der Waals surface area contributed by atoms with Crippen molar-refractivity contribution in [2.45, 2.75) is 224 Å². The van der Waals surface area contributed by atoms with Crippen molar-refractivity contribution < 1.29 is 49.3 Å². The van der Waals surface area contributed by atoms with Crippen molar-refractivity contribution >= 4 is 11.9 Å². The second-order valence-electron chi connectivity index (χ2n) is 19.1. The van der Waals surface area contributed by atoms with Gasteiger partial charge in [-0.1, -0.05) is 243 Å². The molecule has 0 radical (unpaired) electrons. The Kier molecular flexibility index (Phi) is 46.6. The zero-order valence-electron chi connectivity index (χ0n) is 46.8. The number of ether oxygens (including phenoxy) is 3. The molecule has 0 aromatic heterocycles. The molecule has 0 aliphatic carbocycles. The minimum absolute atomic E-state index is 0.0179. The van der Waals surface area contributed by atoms with E-state index in [1.165, 1.54) is 44.9 Å². The van der Waals surface area contributed by atoms with E-state index >= 15 is 0 Å². The Morgan fingerprint density at radius 2 is 1.01 bits per heavy atom. The van der Waals surface area contributed by atoms with Crippen molar-refractivity contribution in [2.75, 3.05) is 13.2 Å². The van der Waals surface area contributed by atoms with Crippen LogP contribution in [0.4, 0.5) is 0 Å². The number of hydrogen-bond acceptors (Lipinski definition) is 10. The molecule has 1 aliphatic rings. The molecule has 0 aromatic rings. The summed E-state index contributed by atoms with van der Waals surface area (Å²) in [5, 5.41) is 56.8. The van der Waals surface area contributed by atoms with Crippen molar-refractivity contribution in [3.63, 3.8) is 0 Å². The molecule has 8 unspecified atom stereocenters. The number of carbonyl (C=O) groups excluding carboxylic acids is 2. The monoisotopic (exact) mass is 1060 g/mol. The van der Waals surface area contributed by atoms with Crippen LogP contribution < -0.4 is 5.32 Å². The molecular weight excluding hydrogens is 955 g/mol. The standard InChI is InChI=1S/C65H101NO10/c1-4-7-10-13-16-19-22-25-27-29-30-31-33-35-38-41-44-47-50-53-60(70)76-63-62(72)61(71)59(54-67)75-65(63)74-55-56(57(68)51-48-45-42-39-36-24-21-18-15-12-9-6-3)66-64(73)58(69)52-49-46-43-40-37-34-32-28-26-23-20-17-14-11-8-5-2/h7-8,10-11,14,16-17,19-20,23,25-28,30-32,34-35,37-38,40,44,47-48,51,56-59,61-63,65,67-69,71-72H,4-6,9,12-13,15,18,21-22,24,29,33,36,39,41-43,45-46,49-50,52-55H2,1-3H3,(H,66,73)/b10-7-,11-8-,17-14+,19-16-,23-20+,27-25-,28-26-,31-30-,34-32+,38-35-,40-37+,47-44-,51-48+. The summed E-state index contributed by atoms with van der Waals surface area (Å²) < 4.78 is 17.5. The van der Waals surface area contributed by atoms with Gasteiger partial charge in [0.1, 0.15) is 24.4 Å². The van der Waals surface area contributed by atoms with Crippen LogP contribution in [0.5, 0.6) is 0 Å². The lowest BCUT2D eigenvalue weighted by molar-refractivity contribution is -0.305. The van der Waals surface area contributed by atoms with Crippen LogP contribution in [-0.2, 0) is 23.8 Å². The topological polar surface area (TPSA) is 175 Å². The third-order valence-electron chi connectivity index (χ3n) is 12.4. The van der Waals surface area contributed by atoms with Gasteiger partial charge in [-0.25, -0.2) is 0 Å². The van der Waals surface area contributed by atoms with E-state index < -0.39 is 67.4 Å². The molecule has 1 aliphatic heterocycles. The number of carbonyl (C=O) groups is 2. The lowest BCUT2D eigenvalue weighted by Gasteiger charge is -2.41. The summed E-state index contributed by atoms with van der Waals surface area (Å²) in [6, 6.07) is -1.07. The number of hydrogen-bond donors (Lipinski definition) is 6. The number of unbranched alkanes of at least 4 members (excludes halogenated alkanes) is 12. The summed E-state index contributed by atoms with van der Waals surface area (Å²) in [5.74, 6) is -1.35. The van der Waals surface area contributed by atoms with Gasteiger partial charge in [0.15, 0.2) is 12.4 Å². The van der Waals surface area contributed by atoms with Crippen molar-refractivity contribution in [3.8, 4) is 0 Å². The highest BCUT2D eigenvalue weighted by Gasteiger charge is 2.47. The predicted molar refractivity (Wildman–Crippen MR) is 314 cm³/mol. The summed E-state index contributed by atoms with van der Waals surface area (Å²) in [6.45, 7) is 5.42. The molecule has 6 N–H and O–H groups in total. The molecule has 1 amide bonds. The molecule has 1 rings (SSSR count). The van der Waals surface area contributed by atoms with E-state index in [1.54, 1.807) is 6.08 Å². The number of rotatable bonds is 45. The fraction of sp³-hybridized carbons (Fsp3) is 0.569. The number of aliphatic hydroxyl groups excluding tert-OH is 5. The second-order valence-corrected chi connectivity index (χ2v) is 19.1. The SMILES string of the molecule is CC\C=C/C=C/C=C/C=C\C=C\C=C\CCCCC(O)C(=O)NC(COC1OC(CO)C(O)C(O)C1OC(=O)CC/C=C\C/C=C\C/C=C\C/C=C\C/C=C\C/C=C\CC)C(O)/C=C/CCCCCCCCCCCC. The minimum Gasteiger partial charge on any atom is -0.454 e. The first-order valence-electron chi connectivity index (χ1n) is 28.8. The third-order valence-corrected chi connectivity index (χ3v) is 12.4. The normalized spacial score (nSPS) is 20.3. The molecule has 8 atom stereocenters. The van der Waals surface area contributed by atoms with Gasteiger partial charge in [0.05, 0.1) is 25.4 Å². The summed E-state index contributed by atoms with van der Waals surface area (Å²) >= 11 is 0. The van der Waals surface area contributed by atoms with E-state index in [2.05, 4.69) is 92.9 Å². The van der Waals surface area contributed by atoms with E-state index in [1.807, 2.05) is 85.1 Å². The largest absolute Gasteiger partial charge is 0.454 e. The van der Waals surface area contributed by atoms with Crippen LogP contribution in [0.25, 0.3) is 0 Å². The number of nitrogens with one attached hydrogen (secondary N) is 1. The molecule has 0 saturated carbocycles. The summed E-state index contributed by atoms with van der Waals surface area (Å²) in [7, 11) is 0. The van der Waals surface area contributed by atoms with Crippen LogP contribution in [0.2, 0.25) is 0 Å². The second kappa shape index (κ2) is 51.1. The Labute approximate surface area is 459 Å².